The molecule has 2 aromatic heterocycles. The van der Waals surface area contributed by atoms with Crippen LogP contribution in [0.4, 0.5) is 0 Å². The first kappa shape index (κ1) is 14.4. The zero-order chi connectivity index (χ0) is 15.6. The van der Waals surface area contributed by atoms with Crippen LogP contribution in [0.2, 0.25) is 5.15 Å². The molecule has 3 aromatic rings. The van der Waals surface area contributed by atoms with Crippen molar-refractivity contribution in [3.8, 4) is 11.4 Å². The molecule has 2 heterocycles. The van der Waals surface area contributed by atoms with Crippen LogP contribution in [0.25, 0.3) is 5.69 Å². The number of tetrazole rings is 1. The standard InChI is InChI=1S/C12H8ClN5O3S/c13-12-6-5-11(7-14-12)22(19,20)21-10-3-1-9(2-4-10)18-8-15-16-17-18/h1-8H. The Morgan fingerprint density at radius 2 is 1.86 bits per heavy atom. The first-order valence-electron chi connectivity index (χ1n) is 5.94. The highest BCUT2D eigenvalue weighted by molar-refractivity contribution is 7.87. The second kappa shape index (κ2) is 5.70. The van der Waals surface area contributed by atoms with E-state index in [1.165, 1.54) is 35.3 Å². The van der Waals surface area contributed by atoms with Gasteiger partial charge in [0.1, 0.15) is 22.1 Å². The summed E-state index contributed by atoms with van der Waals surface area (Å²) >= 11 is 5.62. The van der Waals surface area contributed by atoms with Gasteiger partial charge in [-0.2, -0.15) is 8.42 Å². The fraction of sp³-hybridized carbons (Fsp3) is 0. The number of halogens is 1. The van der Waals surface area contributed by atoms with Crippen molar-refractivity contribution >= 4 is 21.7 Å². The van der Waals surface area contributed by atoms with Crippen molar-refractivity contribution in [1.29, 1.82) is 0 Å². The second-order valence-corrected chi connectivity index (χ2v) is 6.04. The fourth-order valence-corrected chi connectivity index (χ4v) is 2.61. The molecule has 0 fully saturated rings. The molecule has 10 heteroatoms. The quantitative estimate of drug-likeness (QED) is 0.525. The van der Waals surface area contributed by atoms with E-state index in [-0.39, 0.29) is 15.8 Å². The smallest absolute Gasteiger partial charge is 0.340 e. The number of nitrogens with zero attached hydrogens (tertiary/aromatic N) is 5. The van der Waals surface area contributed by atoms with Gasteiger partial charge in [0, 0.05) is 0 Å². The summed E-state index contributed by atoms with van der Waals surface area (Å²) in [4.78, 5) is 3.63. The minimum absolute atomic E-state index is 0.0820. The van der Waals surface area contributed by atoms with Crippen molar-refractivity contribution in [1.82, 2.24) is 25.2 Å². The summed E-state index contributed by atoms with van der Waals surface area (Å²) in [5.74, 6) is 0.159. The summed E-state index contributed by atoms with van der Waals surface area (Å²) < 4.78 is 30.6. The molecule has 0 aliphatic rings. The molecule has 0 unspecified atom stereocenters. The zero-order valence-electron chi connectivity index (χ0n) is 10.9. The Hall–Kier alpha value is -2.52. The zero-order valence-corrected chi connectivity index (χ0v) is 12.4. The van der Waals surface area contributed by atoms with Gasteiger partial charge >= 0.3 is 10.1 Å². The first-order chi connectivity index (χ1) is 10.5. The van der Waals surface area contributed by atoms with E-state index in [4.69, 9.17) is 15.8 Å². The van der Waals surface area contributed by atoms with E-state index in [9.17, 15) is 8.42 Å². The predicted octanol–water partition coefficient (Wildman–Crippen LogP) is 1.48. The Morgan fingerprint density at radius 1 is 1.09 bits per heavy atom. The Labute approximate surface area is 130 Å². The lowest BCUT2D eigenvalue weighted by molar-refractivity contribution is 0.485. The molecule has 0 N–H and O–H groups in total. The molecule has 1 aromatic carbocycles. The van der Waals surface area contributed by atoms with Crippen LogP contribution in [-0.4, -0.2) is 33.6 Å². The predicted molar refractivity (Wildman–Crippen MR) is 76.2 cm³/mol. The monoisotopic (exact) mass is 337 g/mol. The second-order valence-electron chi connectivity index (χ2n) is 4.10. The van der Waals surface area contributed by atoms with Crippen molar-refractivity contribution in [2.75, 3.05) is 0 Å². The van der Waals surface area contributed by atoms with Gasteiger partial charge in [-0.3, -0.25) is 0 Å². The Kier molecular flexibility index (Phi) is 3.73. The van der Waals surface area contributed by atoms with Crippen molar-refractivity contribution in [3.63, 3.8) is 0 Å². The minimum atomic E-state index is -3.97. The van der Waals surface area contributed by atoms with Crippen LogP contribution in [0, 0.1) is 0 Å². The van der Waals surface area contributed by atoms with Crippen molar-refractivity contribution < 1.29 is 12.6 Å². The molecule has 0 saturated heterocycles. The number of pyridine rings is 1. The van der Waals surface area contributed by atoms with Crippen LogP contribution in [0.3, 0.4) is 0 Å². The minimum Gasteiger partial charge on any atom is -0.379 e. The van der Waals surface area contributed by atoms with Gasteiger partial charge in [0.2, 0.25) is 0 Å². The van der Waals surface area contributed by atoms with E-state index in [0.717, 1.165) is 6.20 Å². The maximum atomic E-state index is 12.1. The molecule has 0 aliphatic heterocycles. The Morgan fingerprint density at radius 3 is 2.45 bits per heavy atom. The maximum Gasteiger partial charge on any atom is 0.340 e. The molecule has 3 rings (SSSR count). The van der Waals surface area contributed by atoms with Crippen LogP contribution in [-0.2, 0) is 10.1 Å². The van der Waals surface area contributed by atoms with Crippen molar-refractivity contribution in [2.45, 2.75) is 4.90 Å². The third-order valence-electron chi connectivity index (χ3n) is 2.65. The number of hydrogen-bond acceptors (Lipinski definition) is 7. The topological polar surface area (TPSA) is 99.9 Å². The molecule has 8 nitrogen and oxygen atoms in total. The van der Waals surface area contributed by atoms with Gasteiger partial charge in [0.05, 0.1) is 11.9 Å². The summed E-state index contributed by atoms with van der Waals surface area (Å²) in [5, 5.41) is 11.0. The van der Waals surface area contributed by atoms with Gasteiger partial charge in [0.15, 0.2) is 0 Å². The molecular weight excluding hydrogens is 330 g/mol. The molecule has 112 valence electrons. The summed E-state index contributed by atoms with van der Waals surface area (Å²) in [7, 11) is -3.97. The van der Waals surface area contributed by atoms with Gasteiger partial charge in [-0.15, -0.1) is 5.10 Å². The van der Waals surface area contributed by atoms with Crippen LogP contribution < -0.4 is 4.18 Å². The number of benzene rings is 1. The Balaban J connectivity index is 1.82. The molecule has 0 bridgehead atoms. The lowest BCUT2D eigenvalue weighted by atomic mass is 10.3. The van der Waals surface area contributed by atoms with Crippen LogP contribution >= 0.6 is 11.6 Å². The van der Waals surface area contributed by atoms with E-state index in [1.54, 1.807) is 12.1 Å². The molecule has 0 spiro atoms. The van der Waals surface area contributed by atoms with Gasteiger partial charge in [-0.25, -0.2) is 9.67 Å². The van der Waals surface area contributed by atoms with Crippen LogP contribution in [0.5, 0.6) is 5.75 Å². The normalized spacial score (nSPS) is 11.3. The van der Waals surface area contributed by atoms with Gasteiger partial charge in [-0.1, -0.05) is 11.6 Å². The largest absolute Gasteiger partial charge is 0.379 e. The first-order valence-corrected chi connectivity index (χ1v) is 7.73. The molecule has 0 amide bonds. The third kappa shape index (κ3) is 3.05. The summed E-state index contributed by atoms with van der Waals surface area (Å²) in [6, 6.07) is 8.94. The highest BCUT2D eigenvalue weighted by Gasteiger charge is 2.17. The third-order valence-corrected chi connectivity index (χ3v) is 4.10. The molecule has 22 heavy (non-hydrogen) atoms. The van der Waals surface area contributed by atoms with Gasteiger partial charge < -0.3 is 4.18 Å². The summed E-state index contributed by atoms with van der Waals surface area (Å²) in [5.41, 5.74) is 0.669. The number of rotatable bonds is 4. The fourth-order valence-electron chi connectivity index (χ4n) is 1.62. The van der Waals surface area contributed by atoms with Crippen molar-refractivity contribution in [3.05, 3.63) is 54.1 Å². The number of hydrogen-bond donors (Lipinski definition) is 0. The van der Waals surface area contributed by atoms with Crippen molar-refractivity contribution in [2.24, 2.45) is 0 Å². The molecule has 0 aliphatic carbocycles. The molecular formula is C12H8ClN5O3S. The molecule has 0 radical (unpaired) electrons. The lowest BCUT2D eigenvalue weighted by Crippen LogP contribution is -2.10. The van der Waals surface area contributed by atoms with E-state index in [2.05, 4.69) is 20.5 Å². The highest BCUT2D eigenvalue weighted by Crippen LogP contribution is 2.20. The Bertz CT molecular complexity index is 864. The van der Waals surface area contributed by atoms with E-state index < -0.39 is 10.1 Å². The van der Waals surface area contributed by atoms with E-state index in [1.807, 2.05) is 0 Å². The van der Waals surface area contributed by atoms with Crippen LogP contribution in [0.15, 0.2) is 53.8 Å². The lowest BCUT2D eigenvalue weighted by Gasteiger charge is -2.07. The van der Waals surface area contributed by atoms with E-state index >= 15 is 0 Å². The maximum absolute atomic E-state index is 12.1. The van der Waals surface area contributed by atoms with Gasteiger partial charge in [0.25, 0.3) is 0 Å². The highest BCUT2D eigenvalue weighted by atomic mass is 35.5. The average molecular weight is 338 g/mol. The number of aromatic nitrogens is 5. The van der Waals surface area contributed by atoms with Gasteiger partial charge in [-0.05, 0) is 46.8 Å². The SMILES string of the molecule is O=S(=O)(Oc1ccc(-n2cnnn2)cc1)c1ccc(Cl)nc1. The molecule has 0 atom stereocenters. The van der Waals surface area contributed by atoms with Crippen LogP contribution in [0.1, 0.15) is 0 Å². The summed E-state index contributed by atoms with van der Waals surface area (Å²) in [6.45, 7) is 0. The summed E-state index contributed by atoms with van der Waals surface area (Å²) in [6.07, 6.45) is 2.55. The average Bonchev–Trinajstić information content (AvgIpc) is 3.02. The molecule has 0 saturated carbocycles. The van der Waals surface area contributed by atoms with E-state index in [0.29, 0.717) is 5.69 Å².